The number of benzene rings is 1. The number of halogens is 3. The van der Waals surface area contributed by atoms with Gasteiger partial charge in [0.05, 0.1) is 29.0 Å². The van der Waals surface area contributed by atoms with Crippen LogP contribution in [0.25, 0.3) is 0 Å². The van der Waals surface area contributed by atoms with Gasteiger partial charge in [-0.05, 0) is 60.8 Å². The number of carbonyl (C=O) groups excluding carboxylic acids is 1. The van der Waals surface area contributed by atoms with E-state index >= 15 is 0 Å². The third-order valence-electron chi connectivity index (χ3n) is 4.25. The molecule has 0 saturated heterocycles. The normalized spacial score (nSPS) is 12.3. The molecule has 2 N–H and O–H groups in total. The number of hydrogen-bond donors (Lipinski definition) is 2. The van der Waals surface area contributed by atoms with Crippen LogP contribution in [0, 0.1) is 11.6 Å². The summed E-state index contributed by atoms with van der Waals surface area (Å²) < 4.78 is 35.0. The van der Waals surface area contributed by atoms with E-state index in [2.05, 4.69) is 46.8 Å². The number of rotatable bonds is 8. The number of carbonyl (C=O) groups is 1. The van der Waals surface area contributed by atoms with E-state index in [9.17, 15) is 13.6 Å². The second-order valence-electron chi connectivity index (χ2n) is 8.20. The molecular weight excluding hydrogens is 500 g/mol. The maximum Gasteiger partial charge on any atom is 0.408 e. The molecule has 0 aliphatic carbocycles. The third-order valence-corrected chi connectivity index (χ3v) is 4.86. The predicted octanol–water partition coefficient (Wildman–Crippen LogP) is 4.03. The van der Waals surface area contributed by atoms with Crippen molar-refractivity contribution in [3.05, 3.63) is 64.2 Å². The molecule has 0 saturated carbocycles. The van der Waals surface area contributed by atoms with Crippen LogP contribution in [-0.2, 0) is 17.7 Å². The highest BCUT2D eigenvalue weighted by atomic mass is 79.9. The van der Waals surface area contributed by atoms with Gasteiger partial charge < -0.3 is 15.4 Å². The van der Waals surface area contributed by atoms with Crippen molar-refractivity contribution in [1.29, 1.82) is 0 Å². The molecule has 0 radical (unpaired) electrons. The molecular formula is C21H24BrF2N7O2. The van der Waals surface area contributed by atoms with E-state index in [1.165, 1.54) is 18.3 Å². The van der Waals surface area contributed by atoms with Crippen LogP contribution in [0.15, 0.2) is 41.3 Å². The first kappa shape index (κ1) is 24.5. The summed E-state index contributed by atoms with van der Waals surface area (Å²) in [5.41, 5.74) is 0.0416. The Hall–Kier alpha value is -3.15. The lowest BCUT2D eigenvalue weighted by Gasteiger charge is -2.24. The Balaban J connectivity index is 1.83. The fourth-order valence-electron chi connectivity index (χ4n) is 2.97. The van der Waals surface area contributed by atoms with Crippen molar-refractivity contribution in [2.24, 2.45) is 0 Å². The fraction of sp³-hybridized carbons (Fsp3) is 0.381. The van der Waals surface area contributed by atoms with Gasteiger partial charge in [0, 0.05) is 25.0 Å². The Labute approximate surface area is 198 Å². The molecule has 2 heterocycles. The van der Waals surface area contributed by atoms with Gasteiger partial charge in [-0.25, -0.2) is 23.5 Å². The second kappa shape index (κ2) is 10.6. The van der Waals surface area contributed by atoms with Crippen LogP contribution in [0.3, 0.4) is 0 Å². The highest BCUT2D eigenvalue weighted by molar-refractivity contribution is 9.10. The lowest BCUT2D eigenvalue weighted by molar-refractivity contribution is 0.0502. The van der Waals surface area contributed by atoms with E-state index < -0.39 is 29.4 Å². The Morgan fingerprint density at radius 1 is 1.24 bits per heavy atom. The number of anilines is 1. The Kier molecular flexibility index (Phi) is 7.90. The summed E-state index contributed by atoms with van der Waals surface area (Å²) in [6.45, 7) is 6.23. The molecule has 2 aromatic heterocycles. The number of nitrogens with zero attached hydrogens (tertiary/aromatic N) is 5. The Morgan fingerprint density at radius 3 is 2.61 bits per heavy atom. The minimum absolute atomic E-state index is 0.0714. The van der Waals surface area contributed by atoms with Crippen LogP contribution in [0.5, 0.6) is 0 Å². The molecule has 12 heteroatoms. The minimum atomic E-state index is -0.755. The zero-order valence-corrected chi connectivity index (χ0v) is 19.9. The zero-order valence-electron chi connectivity index (χ0n) is 18.3. The van der Waals surface area contributed by atoms with E-state index in [0.717, 1.165) is 6.07 Å². The number of ether oxygens (including phenoxy) is 1. The SMILES string of the molecule is CC(C)(C)OC(=O)NC(Cc1cc(F)cc(F)c1)c1nc(NCCn2ccnn2)ncc1Br. The molecule has 1 amide bonds. The van der Waals surface area contributed by atoms with Crippen LogP contribution in [0.1, 0.15) is 38.1 Å². The van der Waals surface area contributed by atoms with E-state index in [1.807, 2.05) is 0 Å². The Bertz CT molecular complexity index is 1070. The molecule has 1 aromatic carbocycles. The summed E-state index contributed by atoms with van der Waals surface area (Å²) in [4.78, 5) is 21.2. The highest BCUT2D eigenvalue weighted by Crippen LogP contribution is 2.26. The average Bonchev–Trinajstić information content (AvgIpc) is 3.20. The van der Waals surface area contributed by atoms with Gasteiger partial charge in [-0.2, -0.15) is 0 Å². The molecule has 0 aliphatic rings. The molecule has 3 rings (SSSR count). The number of alkyl carbamates (subject to hydrolysis) is 1. The van der Waals surface area contributed by atoms with Crippen molar-refractivity contribution < 1.29 is 18.3 Å². The van der Waals surface area contributed by atoms with Crippen molar-refractivity contribution in [2.75, 3.05) is 11.9 Å². The van der Waals surface area contributed by atoms with Crippen molar-refractivity contribution in [3.8, 4) is 0 Å². The Morgan fingerprint density at radius 2 is 1.97 bits per heavy atom. The first-order chi connectivity index (χ1) is 15.6. The molecule has 0 bridgehead atoms. The van der Waals surface area contributed by atoms with Crippen LogP contribution < -0.4 is 10.6 Å². The minimum Gasteiger partial charge on any atom is -0.444 e. The summed E-state index contributed by atoms with van der Waals surface area (Å²) in [5, 5.41) is 13.5. The number of nitrogens with one attached hydrogen (secondary N) is 2. The lowest BCUT2D eigenvalue weighted by atomic mass is 10.0. The van der Waals surface area contributed by atoms with Gasteiger partial charge in [0.15, 0.2) is 0 Å². The molecule has 9 nitrogen and oxygen atoms in total. The van der Waals surface area contributed by atoms with Crippen LogP contribution in [0.4, 0.5) is 19.5 Å². The largest absolute Gasteiger partial charge is 0.444 e. The van der Waals surface area contributed by atoms with E-state index in [0.29, 0.717) is 34.8 Å². The van der Waals surface area contributed by atoms with Crippen LogP contribution in [-0.4, -0.2) is 43.2 Å². The van der Waals surface area contributed by atoms with Crippen molar-refractivity contribution >= 4 is 28.0 Å². The maximum atomic E-state index is 13.8. The second-order valence-corrected chi connectivity index (χ2v) is 9.05. The summed E-state index contributed by atoms with van der Waals surface area (Å²) in [6, 6.07) is 2.45. The van der Waals surface area contributed by atoms with Gasteiger partial charge in [0.2, 0.25) is 5.95 Å². The monoisotopic (exact) mass is 523 g/mol. The topological polar surface area (TPSA) is 107 Å². The zero-order chi connectivity index (χ0) is 24.0. The van der Waals surface area contributed by atoms with Gasteiger partial charge in [0.1, 0.15) is 17.2 Å². The van der Waals surface area contributed by atoms with Gasteiger partial charge >= 0.3 is 6.09 Å². The molecule has 3 aromatic rings. The first-order valence-electron chi connectivity index (χ1n) is 10.1. The molecule has 1 atom stereocenters. The summed E-state index contributed by atoms with van der Waals surface area (Å²) in [5.74, 6) is -1.11. The summed E-state index contributed by atoms with van der Waals surface area (Å²) in [6.07, 6.45) is 4.23. The number of aromatic nitrogens is 5. The van der Waals surface area contributed by atoms with Crippen LogP contribution in [0.2, 0.25) is 0 Å². The third kappa shape index (κ3) is 7.74. The standard InChI is InChI=1S/C21H24BrF2N7O2/c1-21(2,3)33-20(32)28-17(10-13-8-14(23)11-15(24)9-13)18-16(22)12-26-19(29-18)25-4-6-31-7-5-27-30-31/h5,7-9,11-12,17H,4,6,10H2,1-3H3,(H,28,32)(H,25,26,29). The van der Waals surface area contributed by atoms with Gasteiger partial charge in [0.25, 0.3) is 0 Å². The van der Waals surface area contributed by atoms with Gasteiger partial charge in [-0.3, -0.25) is 4.68 Å². The van der Waals surface area contributed by atoms with E-state index in [-0.39, 0.29) is 6.42 Å². The highest BCUT2D eigenvalue weighted by Gasteiger charge is 2.24. The number of hydrogen-bond acceptors (Lipinski definition) is 7. The quantitative estimate of drug-likeness (QED) is 0.458. The maximum absolute atomic E-state index is 13.8. The molecule has 0 aliphatic heterocycles. The van der Waals surface area contributed by atoms with Crippen molar-refractivity contribution in [3.63, 3.8) is 0 Å². The van der Waals surface area contributed by atoms with Crippen molar-refractivity contribution in [2.45, 2.75) is 45.4 Å². The van der Waals surface area contributed by atoms with E-state index in [4.69, 9.17) is 4.74 Å². The first-order valence-corrected chi connectivity index (χ1v) is 10.9. The molecule has 33 heavy (non-hydrogen) atoms. The molecule has 1 unspecified atom stereocenters. The van der Waals surface area contributed by atoms with Crippen LogP contribution >= 0.6 is 15.9 Å². The number of amides is 1. The lowest BCUT2D eigenvalue weighted by Crippen LogP contribution is -2.36. The average molecular weight is 524 g/mol. The smallest absolute Gasteiger partial charge is 0.408 e. The molecule has 0 spiro atoms. The van der Waals surface area contributed by atoms with E-state index in [1.54, 1.807) is 37.8 Å². The molecule has 0 fully saturated rings. The fourth-order valence-corrected chi connectivity index (χ4v) is 3.44. The van der Waals surface area contributed by atoms with Gasteiger partial charge in [-0.15, -0.1) is 5.10 Å². The summed E-state index contributed by atoms with van der Waals surface area (Å²) >= 11 is 3.41. The summed E-state index contributed by atoms with van der Waals surface area (Å²) in [7, 11) is 0. The van der Waals surface area contributed by atoms with Gasteiger partial charge in [-0.1, -0.05) is 5.21 Å². The predicted molar refractivity (Wildman–Crippen MR) is 120 cm³/mol. The van der Waals surface area contributed by atoms with Crippen molar-refractivity contribution in [1.82, 2.24) is 30.3 Å². The molecule has 176 valence electrons.